The van der Waals surface area contributed by atoms with Crippen molar-refractivity contribution in [1.82, 2.24) is 5.32 Å². The van der Waals surface area contributed by atoms with Gasteiger partial charge >= 0.3 is 5.97 Å². The Balaban J connectivity index is 2.24. The van der Waals surface area contributed by atoms with Crippen molar-refractivity contribution in [3.63, 3.8) is 0 Å². The van der Waals surface area contributed by atoms with Crippen molar-refractivity contribution < 1.29 is 15.0 Å². The van der Waals surface area contributed by atoms with Crippen molar-refractivity contribution in [3.8, 4) is 0 Å². The molecule has 4 heteroatoms. The highest BCUT2D eigenvalue weighted by Crippen LogP contribution is 2.05. The van der Waals surface area contributed by atoms with E-state index in [-0.39, 0.29) is 12.5 Å². The third-order valence-electron chi connectivity index (χ3n) is 2.68. The molecule has 0 fully saturated rings. The monoisotopic (exact) mass is 251 g/mol. The maximum Gasteiger partial charge on any atom is 0.307 e. The quantitative estimate of drug-likeness (QED) is 0.613. The summed E-state index contributed by atoms with van der Waals surface area (Å²) in [7, 11) is 0. The Labute approximate surface area is 108 Å². The average Bonchev–Trinajstić information content (AvgIpc) is 2.30. The van der Waals surface area contributed by atoms with Gasteiger partial charge in [-0.3, -0.25) is 4.79 Å². The van der Waals surface area contributed by atoms with Crippen LogP contribution in [0.3, 0.4) is 0 Å². The van der Waals surface area contributed by atoms with E-state index in [4.69, 9.17) is 10.2 Å². The predicted molar refractivity (Wildman–Crippen MR) is 70.4 cm³/mol. The van der Waals surface area contributed by atoms with Gasteiger partial charge in [0.1, 0.15) is 0 Å². The molecule has 0 aliphatic carbocycles. The molecule has 0 radical (unpaired) electrons. The maximum atomic E-state index is 10.5. The molecule has 1 aromatic rings. The van der Waals surface area contributed by atoms with Gasteiger partial charge in [0.05, 0.1) is 12.5 Å². The average molecular weight is 251 g/mol. The first-order valence-electron chi connectivity index (χ1n) is 6.26. The van der Waals surface area contributed by atoms with Crippen molar-refractivity contribution in [2.45, 2.75) is 38.8 Å². The minimum Gasteiger partial charge on any atom is -0.481 e. The highest BCUT2D eigenvalue weighted by molar-refractivity contribution is 5.70. The van der Waals surface area contributed by atoms with Crippen molar-refractivity contribution in [2.24, 2.45) is 0 Å². The molecule has 1 unspecified atom stereocenters. The Kier molecular flexibility index (Phi) is 6.39. The molecule has 0 saturated carbocycles. The van der Waals surface area contributed by atoms with Gasteiger partial charge in [-0.2, -0.15) is 0 Å². The van der Waals surface area contributed by atoms with Crippen LogP contribution in [0.4, 0.5) is 0 Å². The fraction of sp³-hybridized carbons (Fsp3) is 0.500. The fourth-order valence-corrected chi connectivity index (χ4v) is 1.70. The minimum absolute atomic E-state index is 0.0715. The molecule has 1 rings (SSSR count). The lowest BCUT2D eigenvalue weighted by molar-refractivity contribution is -0.136. The SMILES string of the molecule is CC(O)CCCNCc1ccc(CC(=O)O)cc1. The van der Waals surface area contributed by atoms with Crippen LogP contribution in [-0.4, -0.2) is 28.8 Å². The summed E-state index contributed by atoms with van der Waals surface area (Å²) in [5, 5.41) is 21.0. The number of aliphatic hydroxyl groups excluding tert-OH is 1. The molecule has 0 saturated heterocycles. The van der Waals surface area contributed by atoms with Crippen LogP contribution >= 0.6 is 0 Å². The lowest BCUT2D eigenvalue weighted by Gasteiger charge is -2.07. The molecule has 3 N–H and O–H groups in total. The van der Waals surface area contributed by atoms with Crippen LogP contribution in [0.5, 0.6) is 0 Å². The topological polar surface area (TPSA) is 69.6 Å². The van der Waals surface area contributed by atoms with E-state index in [9.17, 15) is 4.79 Å². The summed E-state index contributed by atoms with van der Waals surface area (Å²) < 4.78 is 0. The van der Waals surface area contributed by atoms with Crippen molar-refractivity contribution in [1.29, 1.82) is 0 Å². The summed E-state index contributed by atoms with van der Waals surface area (Å²) >= 11 is 0. The molecule has 1 aromatic carbocycles. The minimum atomic E-state index is -0.806. The maximum absolute atomic E-state index is 10.5. The third-order valence-corrected chi connectivity index (χ3v) is 2.68. The molecule has 1 atom stereocenters. The van der Waals surface area contributed by atoms with Gasteiger partial charge < -0.3 is 15.5 Å². The number of aliphatic hydroxyl groups is 1. The Hall–Kier alpha value is -1.39. The van der Waals surface area contributed by atoms with Crippen LogP contribution in [0.25, 0.3) is 0 Å². The molecule has 0 aliphatic heterocycles. The van der Waals surface area contributed by atoms with E-state index in [1.807, 2.05) is 24.3 Å². The number of carboxylic acid groups (broad SMARTS) is 1. The second-order valence-electron chi connectivity index (χ2n) is 4.56. The van der Waals surface area contributed by atoms with E-state index in [1.165, 1.54) is 0 Å². The summed E-state index contributed by atoms with van der Waals surface area (Å²) in [6, 6.07) is 7.59. The predicted octanol–water partition coefficient (Wildman–Crippen LogP) is 1.56. The number of aliphatic carboxylic acids is 1. The molecule has 18 heavy (non-hydrogen) atoms. The van der Waals surface area contributed by atoms with E-state index in [1.54, 1.807) is 6.92 Å². The number of hydrogen-bond acceptors (Lipinski definition) is 3. The highest BCUT2D eigenvalue weighted by atomic mass is 16.4. The molecule has 0 bridgehead atoms. The van der Waals surface area contributed by atoms with Gasteiger partial charge in [0.25, 0.3) is 0 Å². The van der Waals surface area contributed by atoms with Crippen LogP contribution < -0.4 is 5.32 Å². The molecule has 0 amide bonds. The van der Waals surface area contributed by atoms with Gasteiger partial charge in [-0.05, 0) is 37.4 Å². The number of carbonyl (C=O) groups is 1. The highest BCUT2D eigenvalue weighted by Gasteiger charge is 2.00. The van der Waals surface area contributed by atoms with Gasteiger partial charge in [-0.1, -0.05) is 24.3 Å². The Bertz CT molecular complexity index is 360. The fourth-order valence-electron chi connectivity index (χ4n) is 1.70. The van der Waals surface area contributed by atoms with E-state index in [0.717, 1.165) is 37.1 Å². The van der Waals surface area contributed by atoms with Crippen molar-refractivity contribution in [3.05, 3.63) is 35.4 Å². The van der Waals surface area contributed by atoms with Crippen LogP contribution in [0.15, 0.2) is 24.3 Å². The molecule has 100 valence electrons. The van der Waals surface area contributed by atoms with Gasteiger partial charge in [0.15, 0.2) is 0 Å². The number of hydrogen-bond donors (Lipinski definition) is 3. The molecule has 0 aliphatic rings. The number of rotatable bonds is 8. The molecule has 4 nitrogen and oxygen atoms in total. The molecule has 0 spiro atoms. The molecular formula is C14H21NO3. The van der Waals surface area contributed by atoms with E-state index >= 15 is 0 Å². The summed E-state index contributed by atoms with van der Waals surface area (Å²) in [5.74, 6) is -0.806. The Morgan fingerprint density at radius 1 is 1.28 bits per heavy atom. The second-order valence-corrected chi connectivity index (χ2v) is 4.56. The van der Waals surface area contributed by atoms with E-state index < -0.39 is 5.97 Å². The Morgan fingerprint density at radius 2 is 1.89 bits per heavy atom. The summed E-state index contributed by atoms with van der Waals surface area (Å²) in [4.78, 5) is 10.5. The van der Waals surface area contributed by atoms with Crippen LogP contribution in [0.2, 0.25) is 0 Å². The lowest BCUT2D eigenvalue weighted by atomic mass is 10.1. The van der Waals surface area contributed by atoms with Crippen LogP contribution in [-0.2, 0) is 17.8 Å². The lowest BCUT2D eigenvalue weighted by Crippen LogP contribution is -2.16. The number of nitrogens with one attached hydrogen (secondary N) is 1. The van der Waals surface area contributed by atoms with Gasteiger partial charge in [0, 0.05) is 6.54 Å². The third kappa shape index (κ3) is 6.37. The molecule has 0 heterocycles. The van der Waals surface area contributed by atoms with Gasteiger partial charge in [0.2, 0.25) is 0 Å². The summed E-state index contributed by atoms with van der Waals surface area (Å²) in [6.45, 7) is 3.44. The van der Waals surface area contributed by atoms with Crippen molar-refractivity contribution >= 4 is 5.97 Å². The first-order valence-corrected chi connectivity index (χ1v) is 6.26. The molecular weight excluding hydrogens is 230 g/mol. The van der Waals surface area contributed by atoms with Crippen LogP contribution in [0, 0.1) is 0 Å². The second kappa shape index (κ2) is 7.84. The van der Waals surface area contributed by atoms with E-state index in [2.05, 4.69) is 5.32 Å². The zero-order valence-corrected chi connectivity index (χ0v) is 10.7. The largest absolute Gasteiger partial charge is 0.481 e. The zero-order chi connectivity index (χ0) is 13.4. The first kappa shape index (κ1) is 14.7. The van der Waals surface area contributed by atoms with Crippen LogP contribution in [0.1, 0.15) is 30.9 Å². The number of carboxylic acids is 1. The van der Waals surface area contributed by atoms with Crippen molar-refractivity contribution in [2.75, 3.05) is 6.54 Å². The summed E-state index contributed by atoms with van der Waals surface area (Å²) in [6.07, 6.45) is 1.60. The smallest absolute Gasteiger partial charge is 0.307 e. The Morgan fingerprint density at radius 3 is 2.44 bits per heavy atom. The molecule has 0 aromatic heterocycles. The standard InChI is InChI=1S/C14H21NO3/c1-11(16)3-2-8-15-10-13-6-4-12(5-7-13)9-14(17)18/h4-7,11,15-16H,2-3,8-10H2,1H3,(H,17,18). The van der Waals surface area contributed by atoms with E-state index in [0.29, 0.717) is 0 Å². The zero-order valence-electron chi connectivity index (χ0n) is 10.7. The van der Waals surface area contributed by atoms with Gasteiger partial charge in [-0.25, -0.2) is 0 Å². The number of benzene rings is 1. The summed E-state index contributed by atoms with van der Waals surface area (Å²) in [5.41, 5.74) is 1.96. The van der Waals surface area contributed by atoms with Gasteiger partial charge in [-0.15, -0.1) is 0 Å². The first-order chi connectivity index (χ1) is 8.58. The normalized spacial score (nSPS) is 12.3.